The lowest BCUT2D eigenvalue weighted by atomic mass is 9.88. The molecule has 3 nitrogen and oxygen atoms in total. The molecule has 3 aliphatic rings. The molecule has 4 unspecified atom stereocenters. The molecule has 1 aliphatic carbocycles. The second-order valence-corrected chi connectivity index (χ2v) is 7.00. The van der Waals surface area contributed by atoms with E-state index >= 15 is 0 Å². The van der Waals surface area contributed by atoms with Crippen LogP contribution in [-0.2, 0) is 4.79 Å². The quantitative estimate of drug-likeness (QED) is 0.768. The number of carbonyl (C=O) groups excluding carboxylic acids is 1. The first-order valence-electron chi connectivity index (χ1n) is 7.10. The van der Waals surface area contributed by atoms with Crippen LogP contribution < -0.4 is 10.6 Å². The summed E-state index contributed by atoms with van der Waals surface area (Å²) < 4.78 is 0. The molecule has 1 saturated carbocycles. The Hall–Kier alpha value is -0.570. The molecule has 17 heavy (non-hydrogen) atoms. The Bertz CT molecular complexity index is 326. The van der Waals surface area contributed by atoms with Crippen LogP contribution in [0.1, 0.15) is 52.4 Å². The van der Waals surface area contributed by atoms with Gasteiger partial charge in [0.15, 0.2) is 0 Å². The maximum Gasteiger partial charge on any atom is 0.224 e. The molecule has 96 valence electrons. The SMILES string of the molecule is CC1(C)CCC(NC(=O)C2CC3CCC2N3)C1. The van der Waals surface area contributed by atoms with Crippen LogP contribution >= 0.6 is 0 Å². The van der Waals surface area contributed by atoms with E-state index < -0.39 is 0 Å². The predicted molar refractivity (Wildman–Crippen MR) is 67.6 cm³/mol. The first-order valence-corrected chi connectivity index (χ1v) is 7.10. The zero-order valence-electron chi connectivity index (χ0n) is 11.0. The monoisotopic (exact) mass is 236 g/mol. The third-order valence-corrected chi connectivity index (χ3v) is 4.95. The topological polar surface area (TPSA) is 41.1 Å². The van der Waals surface area contributed by atoms with Crippen LogP contribution in [0.4, 0.5) is 0 Å². The van der Waals surface area contributed by atoms with Gasteiger partial charge in [0, 0.05) is 18.1 Å². The molecule has 4 atom stereocenters. The molecule has 2 bridgehead atoms. The lowest BCUT2D eigenvalue weighted by Crippen LogP contribution is -2.42. The Balaban J connectivity index is 1.54. The minimum absolute atomic E-state index is 0.248. The van der Waals surface area contributed by atoms with Gasteiger partial charge in [0.25, 0.3) is 0 Å². The van der Waals surface area contributed by atoms with E-state index in [2.05, 4.69) is 24.5 Å². The number of carbonyl (C=O) groups is 1. The van der Waals surface area contributed by atoms with Gasteiger partial charge in [0.1, 0.15) is 0 Å². The standard InChI is InChI=1S/C14H24N2O/c1-14(2)6-5-10(8-14)16-13(17)11-7-9-3-4-12(11)15-9/h9-12,15H,3-8H2,1-2H3,(H,16,17). The van der Waals surface area contributed by atoms with E-state index in [4.69, 9.17) is 0 Å². The molecule has 2 aliphatic heterocycles. The van der Waals surface area contributed by atoms with Crippen LogP contribution in [0.3, 0.4) is 0 Å². The molecular formula is C14H24N2O. The molecule has 3 rings (SSSR count). The minimum Gasteiger partial charge on any atom is -0.353 e. The zero-order valence-corrected chi connectivity index (χ0v) is 11.0. The van der Waals surface area contributed by atoms with Gasteiger partial charge in [-0.25, -0.2) is 0 Å². The fourth-order valence-electron chi connectivity index (χ4n) is 3.98. The van der Waals surface area contributed by atoms with Crippen LogP contribution in [-0.4, -0.2) is 24.0 Å². The van der Waals surface area contributed by atoms with E-state index in [0.717, 1.165) is 19.3 Å². The summed E-state index contributed by atoms with van der Waals surface area (Å²) in [5, 5.41) is 6.82. The third-order valence-electron chi connectivity index (χ3n) is 4.95. The Labute approximate surface area is 104 Å². The molecule has 2 heterocycles. The highest BCUT2D eigenvalue weighted by atomic mass is 16.2. The van der Waals surface area contributed by atoms with Crippen molar-refractivity contribution in [2.24, 2.45) is 11.3 Å². The lowest BCUT2D eigenvalue weighted by Gasteiger charge is -2.23. The first kappa shape index (κ1) is 11.5. The minimum atomic E-state index is 0.248. The summed E-state index contributed by atoms with van der Waals surface area (Å²) in [6.45, 7) is 4.61. The van der Waals surface area contributed by atoms with Gasteiger partial charge < -0.3 is 10.6 Å². The largest absolute Gasteiger partial charge is 0.353 e. The van der Waals surface area contributed by atoms with Crippen molar-refractivity contribution in [2.45, 2.75) is 70.5 Å². The fourth-order valence-corrected chi connectivity index (χ4v) is 3.98. The van der Waals surface area contributed by atoms with Crippen molar-refractivity contribution in [3.05, 3.63) is 0 Å². The Kier molecular flexibility index (Phi) is 2.69. The highest BCUT2D eigenvalue weighted by Crippen LogP contribution is 2.38. The van der Waals surface area contributed by atoms with Gasteiger partial charge in [-0.15, -0.1) is 0 Å². The lowest BCUT2D eigenvalue weighted by molar-refractivity contribution is -0.126. The zero-order chi connectivity index (χ0) is 12.0. The van der Waals surface area contributed by atoms with Gasteiger partial charge in [-0.2, -0.15) is 0 Å². The van der Waals surface area contributed by atoms with Crippen molar-refractivity contribution in [2.75, 3.05) is 0 Å². The van der Waals surface area contributed by atoms with E-state index in [1.807, 2.05) is 0 Å². The van der Waals surface area contributed by atoms with E-state index in [0.29, 0.717) is 29.4 Å². The van der Waals surface area contributed by atoms with E-state index in [9.17, 15) is 4.79 Å². The smallest absolute Gasteiger partial charge is 0.224 e. The molecule has 1 amide bonds. The maximum atomic E-state index is 12.3. The van der Waals surface area contributed by atoms with Crippen molar-refractivity contribution < 1.29 is 4.79 Å². The Morgan fingerprint density at radius 2 is 2.12 bits per heavy atom. The summed E-state index contributed by atoms with van der Waals surface area (Å²) in [4.78, 5) is 12.3. The van der Waals surface area contributed by atoms with Gasteiger partial charge in [-0.1, -0.05) is 13.8 Å². The average molecular weight is 236 g/mol. The summed E-state index contributed by atoms with van der Waals surface area (Å²) in [6, 6.07) is 1.52. The molecule has 2 saturated heterocycles. The molecule has 0 aromatic carbocycles. The Morgan fingerprint density at radius 3 is 2.65 bits per heavy atom. The molecular weight excluding hydrogens is 212 g/mol. The Morgan fingerprint density at radius 1 is 1.29 bits per heavy atom. The number of rotatable bonds is 2. The highest BCUT2D eigenvalue weighted by molar-refractivity contribution is 5.80. The van der Waals surface area contributed by atoms with Gasteiger partial charge in [-0.05, 0) is 43.9 Å². The molecule has 0 spiro atoms. The fraction of sp³-hybridized carbons (Fsp3) is 0.929. The van der Waals surface area contributed by atoms with Gasteiger partial charge in [0.05, 0.1) is 5.92 Å². The number of hydrogen-bond donors (Lipinski definition) is 2. The van der Waals surface area contributed by atoms with Crippen LogP contribution in [0.2, 0.25) is 0 Å². The summed E-state index contributed by atoms with van der Waals surface area (Å²) >= 11 is 0. The van der Waals surface area contributed by atoms with Gasteiger partial charge in [0.2, 0.25) is 5.91 Å². The van der Waals surface area contributed by atoms with Crippen molar-refractivity contribution in [3.8, 4) is 0 Å². The number of nitrogens with one attached hydrogen (secondary N) is 2. The van der Waals surface area contributed by atoms with Crippen molar-refractivity contribution >= 4 is 5.91 Å². The predicted octanol–water partition coefficient (Wildman–Crippen LogP) is 1.82. The summed E-state index contributed by atoms with van der Waals surface area (Å²) in [7, 11) is 0. The molecule has 2 N–H and O–H groups in total. The molecule has 3 fully saturated rings. The summed E-state index contributed by atoms with van der Waals surface area (Å²) in [6.07, 6.45) is 7.07. The van der Waals surface area contributed by atoms with Crippen molar-refractivity contribution in [1.82, 2.24) is 10.6 Å². The van der Waals surface area contributed by atoms with E-state index in [1.54, 1.807) is 0 Å². The van der Waals surface area contributed by atoms with E-state index in [1.165, 1.54) is 19.3 Å². The second kappa shape index (κ2) is 3.98. The van der Waals surface area contributed by atoms with Crippen LogP contribution in [0.25, 0.3) is 0 Å². The first-order chi connectivity index (χ1) is 8.03. The molecule has 3 heteroatoms. The second-order valence-electron chi connectivity index (χ2n) is 7.00. The summed E-state index contributed by atoms with van der Waals surface area (Å²) in [5.41, 5.74) is 0.422. The van der Waals surface area contributed by atoms with Crippen LogP contribution in [0.15, 0.2) is 0 Å². The molecule has 0 aromatic rings. The average Bonchev–Trinajstić information content (AvgIpc) is 2.93. The van der Waals surface area contributed by atoms with Crippen LogP contribution in [0.5, 0.6) is 0 Å². The van der Waals surface area contributed by atoms with Crippen molar-refractivity contribution in [3.63, 3.8) is 0 Å². The van der Waals surface area contributed by atoms with Crippen LogP contribution in [0, 0.1) is 11.3 Å². The van der Waals surface area contributed by atoms with Crippen molar-refractivity contribution in [1.29, 1.82) is 0 Å². The normalized spacial score (nSPS) is 42.9. The number of amides is 1. The van der Waals surface area contributed by atoms with Gasteiger partial charge in [-0.3, -0.25) is 4.79 Å². The van der Waals surface area contributed by atoms with E-state index in [-0.39, 0.29) is 5.92 Å². The van der Waals surface area contributed by atoms with Gasteiger partial charge >= 0.3 is 0 Å². The summed E-state index contributed by atoms with van der Waals surface area (Å²) in [5.74, 6) is 0.560. The number of hydrogen-bond acceptors (Lipinski definition) is 2. The molecule has 0 radical (unpaired) electrons. The number of fused-ring (bicyclic) bond motifs is 2. The third kappa shape index (κ3) is 2.22. The highest BCUT2D eigenvalue weighted by Gasteiger charge is 2.43. The maximum absolute atomic E-state index is 12.3. The molecule has 0 aromatic heterocycles.